The van der Waals surface area contributed by atoms with Crippen LogP contribution in [0.4, 0.5) is 5.69 Å². The molecule has 1 aliphatic heterocycles. The smallest absolute Gasteiger partial charge is 0.264 e. The first-order chi connectivity index (χ1) is 15.5. The van der Waals surface area contributed by atoms with Crippen molar-refractivity contribution in [3.8, 4) is 11.5 Å². The third-order valence-electron chi connectivity index (χ3n) is 5.43. The molecule has 7 heteroatoms. The van der Waals surface area contributed by atoms with Crippen molar-refractivity contribution >= 4 is 23.5 Å². The average Bonchev–Trinajstić information content (AvgIpc) is 3.40. The van der Waals surface area contributed by atoms with Gasteiger partial charge in [0.05, 0.1) is 39.1 Å². The van der Waals surface area contributed by atoms with Crippen LogP contribution in [-0.4, -0.2) is 31.0 Å². The lowest BCUT2D eigenvalue weighted by Crippen LogP contribution is -2.41. The zero-order chi connectivity index (χ0) is 22.7. The number of para-hydroxylation sites is 1. The maximum Gasteiger partial charge on any atom is 0.264 e. The van der Waals surface area contributed by atoms with Crippen molar-refractivity contribution in [3.05, 3.63) is 83.8 Å². The highest BCUT2D eigenvalue weighted by molar-refractivity contribution is 6.10. The Morgan fingerprint density at radius 2 is 1.88 bits per heavy atom. The van der Waals surface area contributed by atoms with E-state index >= 15 is 0 Å². The van der Waals surface area contributed by atoms with Crippen molar-refractivity contribution in [2.45, 2.75) is 18.6 Å². The van der Waals surface area contributed by atoms with Crippen molar-refractivity contribution < 1.29 is 28.6 Å². The van der Waals surface area contributed by atoms with Gasteiger partial charge in [0, 0.05) is 5.56 Å². The standard InChI is InChI=1S/C25H23NO6/c1-30-22-12-9-17(14-23(22)31-2)16-26-21-8-4-3-7-20(21)25(29,24(26)28)15-18(27)10-11-19-6-5-13-32-19/h3-14,29H,15-16H2,1-2H3/b11-10+/t25-/m1/s1. The molecular formula is C25H23NO6. The highest BCUT2D eigenvalue weighted by atomic mass is 16.5. The molecule has 0 fully saturated rings. The monoisotopic (exact) mass is 433 g/mol. The summed E-state index contributed by atoms with van der Waals surface area (Å²) in [6.07, 6.45) is 3.95. The minimum atomic E-state index is -1.95. The molecule has 2 aromatic carbocycles. The van der Waals surface area contributed by atoms with Crippen LogP contribution in [0.2, 0.25) is 0 Å². The Morgan fingerprint density at radius 3 is 2.59 bits per heavy atom. The summed E-state index contributed by atoms with van der Waals surface area (Å²) in [5.41, 5.74) is -0.181. The van der Waals surface area contributed by atoms with Crippen molar-refractivity contribution in [2.75, 3.05) is 19.1 Å². The number of carbonyl (C=O) groups excluding carboxylic acids is 2. The van der Waals surface area contributed by atoms with E-state index in [-0.39, 0.29) is 18.7 Å². The summed E-state index contributed by atoms with van der Waals surface area (Å²) in [5, 5.41) is 11.4. The van der Waals surface area contributed by atoms with Crippen molar-refractivity contribution in [1.82, 2.24) is 0 Å². The third-order valence-corrected chi connectivity index (χ3v) is 5.43. The largest absolute Gasteiger partial charge is 0.493 e. The van der Waals surface area contributed by atoms with E-state index in [1.54, 1.807) is 62.8 Å². The van der Waals surface area contributed by atoms with Gasteiger partial charge in [-0.05, 0) is 48.0 Å². The molecular weight excluding hydrogens is 410 g/mol. The second kappa shape index (κ2) is 8.72. The number of hydrogen-bond donors (Lipinski definition) is 1. The fourth-order valence-electron chi connectivity index (χ4n) is 3.87. The van der Waals surface area contributed by atoms with E-state index in [1.807, 2.05) is 6.07 Å². The Balaban J connectivity index is 1.61. The van der Waals surface area contributed by atoms with Crippen LogP contribution in [0.1, 0.15) is 23.3 Å². The second-order valence-corrected chi connectivity index (χ2v) is 7.45. The van der Waals surface area contributed by atoms with E-state index in [9.17, 15) is 14.7 Å². The summed E-state index contributed by atoms with van der Waals surface area (Å²) in [7, 11) is 3.09. The van der Waals surface area contributed by atoms with Gasteiger partial charge in [-0.25, -0.2) is 0 Å². The molecule has 1 amide bonds. The van der Waals surface area contributed by atoms with Gasteiger partial charge in [0.15, 0.2) is 22.9 Å². The summed E-state index contributed by atoms with van der Waals surface area (Å²) in [6.45, 7) is 0.203. The summed E-state index contributed by atoms with van der Waals surface area (Å²) in [5.74, 6) is 0.695. The van der Waals surface area contributed by atoms with Crippen LogP contribution in [0, 0.1) is 0 Å². The molecule has 0 saturated heterocycles. The van der Waals surface area contributed by atoms with Crippen molar-refractivity contribution in [1.29, 1.82) is 0 Å². The summed E-state index contributed by atoms with van der Waals surface area (Å²) < 4.78 is 15.8. The van der Waals surface area contributed by atoms with Gasteiger partial charge in [-0.3, -0.25) is 9.59 Å². The molecule has 1 atom stereocenters. The number of nitrogens with zero attached hydrogens (tertiary/aromatic N) is 1. The SMILES string of the molecule is COc1ccc(CN2C(=O)[C@@](O)(CC(=O)/C=C/c3ccco3)c3ccccc32)cc1OC. The van der Waals surface area contributed by atoms with Gasteiger partial charge in [-0.15, -0.1) is 0 Å². The minimum Gasteiger partial charge on any atom is -0.493 e. The first-order valence-corrected chi connectivity index (χ1v) is 10.1. The fourth-order valence-corrected chi connectivity index (χ4v) is 3.87. The molecule has 2 heterocycles. The number of furan rings is 1. The van der Waals surface area contributed by atoms with Gasteiger partial charge in [-0.2, -0.15) is 0 Å². The molecule has 1 aliphatic rings. The number of ketones is 1. The number of allylic oxidation sites excluding steroid dienone is 1. The van der Waals surface area contributed by atoms with Crippen LogP contribution in [0.5, 0.6) is 11.5 Å². The highest BCUT2D eigenvalue weighted by Gasteiger charge is 2.50. The lowest BCUT2D eigenvalue weighted by Gasteiger charge is -2.22. The van der Waals surface area contributed by atoms with Crippen LogP contribution in [0.15, 0.2) is 71.4 Å². The molecule has 0 unspecified atom stereocenters. The first kappa shape index (κ1) is 21.4. The fraction of sp³-hybridized carbons (Fsp3) is 0.200. The number of amides is 1. The quantitative estimate of drug-likeness (QED) is 0.545. The molecule has 32 heavy (non-hydrogen) atoms. The average molecular weight is 433 g/mol. The van der Waals surface area contributed by atoms with Gasteiger partial charge in [0.2, 0.25) is 0 Å². The van der Waals surface area contributed by atoms with Gasteiger partial charge in [0.25, 0.3) is 5.91 Å². The van der Waals surface area contributed by atoms with E-state index in [1.165, 1.54) is 23.3 Å². The highest BCUT2D eigenvalue weighted by Crippen LogP contribution is 2.43. The molecule has 4 rings (SSSR count). The zero-order valence-electron chi connectivity index (χ0n) is 17.8. The number of ether oxygens (including phenoxy) is 2. The molecule has 0 saturated carbocycles. The lowest BCUT2D eigenvalue weighted by molar-refractivity contribution is -0.140. The third kappa shape index (κ3) is 3.90. The van der Waals surface area contributed by atoms with E-state index < -0.39 is 11.5 Å². The van der Waals surface area contributed by atoms with E-state index in [0.29, 0.717) is 28.5 Å². The molecule has 0 radical (unpaired) electrons. The van der Waals surface area contributed by atoms with E-state index in [4.69, 9.17) is 13.9 Å². The Kier molecular flexibility index (Phi) is 5.83. The van der Waals surface area contributed by atoms with Crippen LogP contribution in [-0.2, 0) is 21.7 Å². The molecule has 0 spiro atoms. The van der Waals surface area contributed by atoms with Crippen LogP contribution in [0.25, 0.3) is 6.08 Å². The summed E-state index contributed by atoms with van der Waals surface area (Å²) in [6, 6.07) is 15.7. The summed E-state index contributed by atoms with van der Waals surface area (Å²) >= 11 is 0. The van der Waals surface area contributed by atoms with Gasteiger partial charge in [-0.1, -0.05) is 24.3 Å². The van der Waals surface area contributed by atoms with E-state index in [2.05, 4.69) is 0 Å². The Bertz CT molecular complexity index is 1170. The Labute approximate surface area is 185 Å². The van der Waals surface area contributed by atoms with Crippen LogP contribution in [0.3, 0.4) is 0 Å². The number of aliphatic hydroxyl groups is 1. The maximum atomic E-state index is 13.4. The first-order valence-electron chi connectivity index (χ1n) is 10.1. The van der Waals surface area contributed by atoms with Crippen molar-refractivity contribution in [2.24, 2.45) is 0 Å². The molecule has 1 aromatic heterocycles. The number of anilines is 1. The number of rotatable bonds is 8. The number of carbonyl (C=O) groups is 2. The predicted octanol–water partition coefficient (Wildman–Crippen LogP) is 3.70. The Morgan fingerprint density at radius 1 is 1.09 bits per heavy atom. The van der Waals surface area contributed by atoms with Gasteiger partial charge in [0.1, 0.15) is 5.76 Å². The second-order valence-electron chi connectivity index (χ2n) is 7.45. The number of methoxy groups -OCH3 is 2. The summed E-state index contributed by atoms with van der Waals surface area (Å²) in [4.78, 5) is 27.4. The van der Waals surface area contributed by atoms with E-state index in [0.717, 1.165) is 5.56 Å². The zero-order valence-corrected chi connectivity index (χ0v) is 17.8. The molecule has 7 nitrogen and oxygen atoms in total. The Hall–Kier alpha value is -3.84. The molecule has 1 N–H and O–H groups in total. The molecule has 164 valence electrons. The molecule has 0 aliphatic carbocycles. The predicted molar refractivity (Wildman–Crippen MR) is 118 cm³/mol. The number of hydrogen-bond acceptors (Lipinski definition) is 6. The van der Waals surface area contributed by atoms with Crippen LogP contribution >= 0.6 is 0 Å². The number of benzene rings is 2. The molecule has 0 bridgehead atoms. The number of fused-ring (bicyclic) bond motifs is 1. The van der Waals surface area contributed by atoms with Crippen LogP contribution < -0.4 is 14.4 Å². The van der Waals surface area contributed by atoms with Gasteiger partial charge >= 0.3 is 0 Å². The van der Waals surface area contributed by atoms with Gasteiger partial charge < -0.3 is 23.9 Å². The normalized spacial score (nSPS) is 17.6. The molecule has 3 aromatic rings. The van der Waals surface area contributed by atoms with Crippen molar-refractivity contribution in [3.63, 3.8) is 0 Å². The lowest BCUT2D eigenvalue weighted by atomic mass is 9.90. The topological polar surface area (TPSA) is 89.2 Å². The minimum absolute atomic E-state index is 0.203. The maximum absolute atomic E-state index is 13.4.